The van der Waals surface area contributed by atoms with Crippen LogP contribution in [0.5, 0.6) is 0 Å². The SMILES string of the molecule is COCCN(CCOC)CCn1cc(C(=O)O)nn1. The summed E-state index contributed by atoms with van der Waals surface area (Å²) >= 11 is 0. The van der Waals surface area contributed by atoms with Crippen LogP contribution in [0.15, 0.2) is 6.20 Å². The van der Waals surface area contributed by atoms with Gasteiger partial charge in [-0.15, -0.1) is 5.10 Å². The van der Waals surface area contributed by atoms with Crippen LogP contribution in [0, 0.1) is 0 Å². The molecular weight excluding hydrogens is 252 g/mol. The molecular formula is C11H20N4O4. The van der Waals surface area contributed by atoms with Gasteiger partial charge >= 0.3 is 5.97 Å². The summed E-state index contributed by atoms with van der Waals surface area (Å²) in [5.74, 6) is -1.07. The molecule has 0 aromatic carbocycles. The molecule has 0 amide bonds. The first-order valence-corrected chi connectivity index (χ1v) is 6.01. The highest BCUT2D eigenvalue weighted by atomic mass is 16.5. The van der Waals surface area contributed by atoms with Crippen LogP contribution < -0.4 is 0 Å². The lowest BCUT2D eigenvalue weighted by Gasteiger charge is -2.21. The van der Waals surface area contributed by atoms with E-state index in [1.54, 1.807) is 14.2 Å². The first-order valence-electron chi connectivity index (χ1n) is 6.01. The Bertz CT molecular complexity index is 375. The largest absolute Gasteiger partial charge is 0.476 e. The number of hydrogen-bond donors (Lipinski definition) is 1. The van der Waals surface area contributed by atoms with E-state index in [0.717, 1.165) is 19.6 Å². The quantitative estimate of drug-likeness (QED) is 0.618. The summed E-state index contributed by atoms with van der Waals surface area (Å²) in [5, 5.41) is 16.1. The van der Waals surface area contributed by atoms with Gasteiger partial charge in [0, 0.05) is 33.9 Å². The Morgan fingerprint density at radius 3 is 2.42 bits per heavy atom. The maximum atomic E-state index is 10.7. The topological polar surface area (TPSA) is 89.7 Å². The number of aromatic nitrogens is 3. The van der Waals surface area contributed by atoms with E-state index in [0.29, 0.717) is 19.8 Å². The van der Waals surface area contributed by atoms with Crippen molar-refractivity contribution in [3.05, 3.63) is 11.9 Å². The summed E-state index contributed by atoms with van der Waals surface area (Å²) in [6.45, 7) is 4.17. The number of hydrogen-bond acceptors (Lipinski definition) is 6. The van der Waals surface area contributed by atoms with Crippen molar-refractivity contribution in [2.45, 2.75) is 6.54 Å². The molecule has 19 heavy (non-hydrogen) atoms. The molecule has 0 atom stereocenters. The Kier molecular flexibility index (Phi) is 7.01. The molecule has 0 aliphatic carbocycles. The molecule has 1 rings (SSSR count). The van der Waals surface area contributed by atoms with Crippen molar-refractivity contribution >= 4 is 5.97 Å². The van der Waals surface area contributed by atoms with Crippen molar-refractivity contribution < 1.29 is 19.4 Å². The summed E-state index contributed by atoms with van der Waals surface area (Å²) in [6.07, 6.45) is 1.42. The third-order valence-electron chi connectivity index (χ3n) is 2.63. The maximum absolute atomic E-state index is 10.7. The van der Waals surface area contributed by atoms with Crippen LogP contribution in [-0.2, 0) is 16.0 Å². The molecule has 0 aliphatic heterocycles. The van der Waals surface area contributed by atoms with Crippen LogP contribution in [0.25, 0.3) is 0 Å². The fraction of sp³-hybridized carbons (Fsp3) is 0.727. The molecule has 0 spiro atoms. The number of carboxylic acids is 1. The van der Waals surface area contributed by atoms with Gasteiger partial charge in [0.1, 0.15) is 0 Å². The van der Waals surface area contributed by atoms with E-state index in [1.807, 2.05) is 0 Å². The number of rotatable bonds is 10. The molecule has 0 unspecified atom stereocenters. The van der Waals surface area contributed by atoms with E-state index >= 15 is 0 Å². The number of methoxy groups -OCH3 is 2. The van der Waals surface area contributed by atoms with Gasteiger partial charge in [-0.05, 0) is 0 Å². The minimum atomic E-state index is -1.07. The summed E-state index contributed by atoms with van der Waals surface area (Å²) in [6, 6.07) is 0. The van der Waals surface area contributed by atoms with Crippen LogP contribution in [-0.4, -0.2) is 78.0 Å². The Morgan fingerprint density at radius 2 is 1.95 bits per heavy atom. The van der Waals surface area contributed by atoms with Crippen molar-refractivity contribution in [1.29, 1.82) is 0 Å². The molecule has 1 N–H and O–H groups in total. The number of carboxylic acid groups (broad SMARTS) is 1. The first-order chi connectivity index (χ1) is 9.17. The fourth-order valence-electron chi connectivity index (χ4n) is 1.53. The molecule has 0 radical (unpaired) electrons. The minimum absolute atomic E-state index is 0.0414. The van der Waals surface area contributed by atoms with Crippen molar-refractivity contribution in [2.24, 2.45) is 0 Å². The Balaban J connectivity index is 2.42. The summed E-state index contributed by atoms with van der Waals surface area (Å²) in [4.78, 5) is 12.8. The van der Waals surface area contributed by atoms with Crippen LogP contribution in [0.2, 0.25) is 0 Å². The second-order valence-electron chi connectivity index (χ2n) is 4.00. The normalized spacial score (nSPS) is 11.1. The Hall–Kier alpha value is -1.51. The van der Waals surface area contributed by atoms with Gasteiger partial charge in [0.15, 0.2) is 5.69 Å². The molecule has 8 nitrogen and oxygen atoms in total. The maximum Gasteiger partial charge on any atom is 0.358 e. The van der Waals surface area contributed by atoms with E-state index in [2.05, 4.69) is 15.2 Å². The van der Waals surface area contributed by atoms with E-state index in [-0.39, 0.29) is 5.69 Å². The van der Waals surface area contributed by atoms with Gasteiger partial charge in [0.05, 0.1) is 26.0 Å². The van der Waals surface area contributed by atoms with E-state index in [4.69, 9.17) is 14.6 Å². The number of aromatic carboxylic acids is 1. The average molecular weight is 272 g/mol. The standard InChI is InChI=1S/C11H20N4O4/c1-18-7-5-14(6-8-19-2)3-4-15-9-10(11(16)17)12-13-15/h9H,3-8H2,1-2H3,(H,16,17). The minimum Gasteiger partial charge on any atom is -0.476 e. The summed E-state index contributed by atoms with van der Waals surface area (Å²) in [7, 11) is 3.32. The molecule has 0 aliphatic rings. The number of carbonyl (C=O) groups is 1. The van der Waals surface area contributed by atoms with E-state index in [9.17, 15) is 4.79 Å². The van der Waals surface area contributed by atoms with E-state index in [1.165, 1.54) is 10.9 Å². The Labute approximate surface area is 111 Å². The predicted molar refractivity (Wildman–Crippen MR) is 67.2 cm³/mol. The zero-order valence-corrected chi connectivity index (χ0v) is 11.3. The lowest BCUT2D eigenvalue weighted by Crippen LogP contribution is -2.33. The van der Waals surface area contributed by atoms with Gasteiger partial charge in [-0.2, -0.15) is 0 Å². The second kappa shape index (κ2) is 8.57. The highest BCUT2D eigenvalue weighted by Gasteiger charge is 2.09. The molecule has 1 aromatic heterocycles. The third-order valence-corrected chi connectivity index (χ3v) is 2.63. The first kappa shape index (κ1) is 15.5. The van der Waals surface area contributed by atoms with Crippen molar-refractivity contribution in [1.82, 2.24) is 19.9 Å². The van der Waals surface area contributed by atoms with Crippen LogP contribution in [0.3, 0.4) is 0 Å². The average Bonchev–Trinajstić information content (AvgIpc) is 2.87. The molecule has 0 saturated carbocycles. The predicted octanol–water partition coefficient (Wildman–Crippen LogP) is -0.429. The van der Waals surface area contributed by atoms with Crippen LogP contribution in [0.1, 0.15) is 10.5 Å². The molecule has 108 valence electrons. The van der Waals surface area contributed by atoms with Crippen molar-refractivity contribution in [3.8, 4) is 0 Å². The van der Waals surface area contributed by atoms with Gasteiger partial charge in [0.25, 0.3) is 0 Å². The van der Waals surface area contributed by atoms with Gasteiger partial charge in [-0.1, -0.05) is 5.21 Å². The molecule has 1 aromatic rings. The summed E-state index contributed by atoms with van der Waals surface area (Å²) in [5.41, 5.74) is -0.0414. The highest BCUT2D eigenvalue weighted by molar-refractivity contribution is 5.84. The van der Waals surface area contributed by atoms with E-state index < -0.39 is 5.97 Å². The zero-order chi connectivity index (χ0) is 14.1. The van der Waals surface area contributed by atoms with Crippen LogP contribution in [0.4, 0.5) is 0 Å². The lowest BCUT2D eigenvalue weighted by atomic mass is 10.4. The molecule has 8 heteroatoms. The Morgan fingerprint density at radius 1 is 1.32 bits per heavy atom. The molecule has 0 bridgehead atoms. The number of ether oxygens (including phenoxy) is 2. The zero-order valence-electron chi connectivity index (χ0n) is 11.3. The number of nitrogens with zero attached hydrogens (tertiary/aromatic N) is 4. The van der Waals surface area contributed by atoms with Gasteiger partial charge in [0.2, 0.25) is 0 Å². The smallest absolute Gasteiger partial charge is 0.358 e. The fourth-order valence-corrected chi connectivity index (χ4v) is 1.53. The van der Waals surface area contributed by atoms with Gasteiger partial charge in [-0.3, -0.25) is 9.58 Å². The van der Waals surface area contributed by atoms with Gasteiger partial charge < -0.3 is 14.6 Å². The van der Waals surface area contributed by atoms with Crippen molar-refractivity contribution in [2.75, 3.05) is 47.1 Å². The third kappa shape index (κ3) is 5.77. The van der Waals surface area contributed by atoms with Crippen molar-refractivity contribution in [3.63, 3.8) is 0 Å². The van der Waals surface area contributed by atoms with Crippen LogP contribution >= 0.6 is 0 Å². The molecule has 0 saturated heterocycles. The lowest BCUT2D eigenvalue weighted by molar-refractivity contribution is 0.0690. The van der Waals surface area contributed by atoms with Gasteiger partial charge in [-0.25, -0.2) is 4.79 Å². The second-order valence-corrected chi connectivity index (χ2v) is 4.00. The molecule has 0 fully saturated rings. The highest BCUT2D eigenvalue weighted by Crippen LogP contribution is 1.95. The monoisotopic (exact) mass is 272 g/mol. The summed E-state index contributed by atoms with van der Waals surface area (Å²) < 4.78 is 11.6. The molecule has 1 heterocycles.